The molecule has 0 atom stereocenters. The summed E-state index contributed by atoms with van der Waals surface area (Å²) in [6.07, 6.45) is 5.79. The van der Waals surface area contributed by atoms with E-state index in [1.54, 1.807) is 0 Å². The van der Waals surface area contributed by atoms with E-state index in [0.717, 1.165) is 30.6 Å². The van der Waals surface area contributed by atoms with Crippen molar-refractivity contribution in [2.75, 3.05) is 6.54 Å². The molecule has 1 amide bonds. The third kappa shape index (κ3) is 3.54. The molecule has 1 aromatic rings. The Balaban J connectivity index is 2.00. The molecule has 112 valence electrons. The molecule has 0 saturated heterocycles. The second-order valence-corrected chi connectivity index (χ2v) is 9.04. The maximum absolute atomic E-state index is 12.1. The summed E-state index contributed by atoms with van der Waals surface area (Å²) in [6, 6.07) is 1.33. The summed E-state index contributed by atoms with van der Waals surface area (Å²) in [4.78, 5) is 12.1. The number of hydrogen-bond acceptors (Lipinski definition) is 4. The largest absolute Gasteiger partial charge is 0.351 e. The molecule has 7 heteroatoms. The zero-order chi connectivity index (χ0) is 14.8. The van der Waals surface area contributed by atoms with Crippen molar-refractivity contribution in [1.29, 1.82) is 0 Å². The molecule has 0 radical (unpaired) electrons. The van der Waals surface area contributed by atoms with Crippen LogP contribution in [-0.4, -0.2) is 20.9 Å². The van der Waals surface area contributed by atoms with E-state index >= 15 is 0 Å². The Kier molecular flexibility index (Phi) is 4.76. The Morgan fingerprint density at radius 3 is 2.60 bits per heavy atom. The average Bonchev–Trinajstić information content (AvgIpc) is 3.05. The number of nitrogens with one attached hydrogen (secondary N) is 1. The van der Waals surface area contributed by atoms with Crippen LogP contribution in [-0.2, 0) is 9.05 Å². The molecule has 0 unspecified atom stereocenters. The van der Waals surface area contributed by atoms with Crippen molar-refractivity contribution < 1.29 is 13.2 Å². The van der Waals surface area contributed by atoms with Crippen molar-refractivity contribution >= 4 is 37.0 Å². The van der Waals surface area contributed by atoms with Crippen LogP contribution in [0.4, 0.5) is 0 Å². The number of halogens is 1. The standard InChI is InChI=1S/C13H18ClNO3S2/c1-2-13(5-3-4-6-13)9-15-12(16)10-7-11(19-8-10)20(14,17)18/h7-8H,2-6,9H2,1H3,(H,15,16). The van der Waals surface area contributed by atoms with Crippen molar-refractivity contribution in [3.63, 3.8) is 0 Å². The van der Waals surface area contributed by atoms with Crippen LogP contribution in [0.5, 0.6) is 0 Å². The molecule has 1 aliphatic rings. The van der Waals surface area contributed by atoms with E-state index < -0.39 is 9.05 Å². The van der Waals surface area contributed by atoms with Crippen molar-refractivity contribution in [2.24, 2.45) is 5.41 Å². The minimum atomic E-state index is -3.75. The highest BCUT2D eigenvalue weighted by Crippen LogP contribution is 2.40. The number of amides is 1. The lowest BCUT2D eigenvalue weighted by atomic mass is 9.83. The zero-order valence-electron chi connectivity index (χ0n) is 11.3. The van der Waals surface area contributed by atoms with Crippen LogP contribution in [0.3, 0.4) is 0 Å². The van der Waals surface area contributed by atoms with Gasteiger partial charge in [-0.2, -0.15) is 0 Å². The molecule has 2 rings (SSSR count). The van der Waals surface area contributed by atoms with Crippen molar-refractivity contribution in [3.8, 4) is 0 Å². The fraction of sp³-hybridized carbons (Fsp3) is 0.615. The predicted octanol–water partition coefficient (Wildman–Crippen LogP) is 3.38. The van der Waals surface area contributed by atoms with Crippen LogP contribution >= 0.6 is 22.0 Å². The van der Waals surface area contributed by atoms with Crippen LogP contribution in [0.2, 0.25) is 0 Å². The molecular weight excluding hydrogens is 318 g/mol. The number of hydrogen-bond donors (Lipinski definition) is 1. The molecule has 1 aliphatic carbocycles. The zero-order valence-corrected chi connectivity index (χ0v) is 13.7. The minimum Gasteiger partial charge on any atom is -0.351 e. The van der Waals surface area contributed by atoms with Crippen molar-refractivity contribution in [2.45, 2.75) is 43.2 Å². The average molecular weight is 336 g/mol. The molecule has 0 aromatic carbocycles. The van der Waals surface area contributed by atoms with Gasteiger partial charge in [-0.05, 0) is 30.7 Å². The van der Waals surface area contributed by atoms with E-state index in [0.29, 0.717) is 12.1 Å². The lowest BCUT2D eigenvalue weighted by molar-refractivity contribution is 0.0929. The number of rotatable bonds is 5. The van der Waals surface area contributed by atoms with Gasteiger partial charge in [0.25, 0.3) is 15.0 Å². The van der Waals surface area contributed by atoms with Gasteiger partial charge >= 0.3 is 0 Å². The second-order valence-electron chi connectivity index (χ2n) is 5.34. The Hall–Kier alpha value is -0.590. The first-order valence-electron chi connectivity index (χ1n) is 6.68. The Morgan fingerprint density at radius 1 is 1.45 bits per heavy atom. The van der Waals surface area contributed by atoms with Gasteiger partial charge in [0.05, 0.1) is 5.56 Å². The summed E-state index contributed by atoms with van der Waals surface area (Å²) in [5.74, 6) is -0.229. The molecule has 1 N–H and O–H groups in total. The number of thiophene rings is 1. The summed E-state index contributed by atoms with van der Waals surface area (Å²) in [6.45, 7) is 2.81. The van der Waals surface area contributed by atoms with Gasteiger partial charge in [0.15, 0.2) is 0 Å². The number of carbonyl (C=O) groups is 1. The highest BCUT2D eigenvalue weighted by Gasteiger charge is 2.32. The summed E-state index contributed by atoms with van der Waals surface area (Å²) < 4.78 is 22.4. The summed E-state index contributed by atoms with van der Waals surface area (Å²) in [5, 5.41) is 4.45. The van der Waals surface area contributed by atoms with Gasteiger partial charge in [-0.15, -0.1) is 11.3 Å². The summed E-state index contributed by atoms with van der Waals surface area (Å²) in [5.41, 5.74) is 0.575. The van der Waals surface area contributed by atoms with Crippen LogP contribution in [0, 0.1) is 5.41 Å². The third-order valence-electron chi connectivity index (χ3n) is 4.12. The highest BCUT2D eigenvalue weighted by molar-refractivity contribution is 8.15. The lowest BCUT2D eigenvalue weighted by Crippen LogP contribution is -2.35. The quantitative estimate of drug-likeness (QED) is 0.839. The number of carbonyl (C=O) groups excluding carboxylic acids is 1. The van der Waals surface area contributed by atoms with Gasteiger partial charge in [0.2, 0.25) is 0 Å². The van der Waals surface area contributed by atoms with Crippen molar-refractivity contribution in [3.05, 3.63) is 17.0 Å². The van der Waals surface area contributed by atoms with E-state index in [1.165, 1.54) is 24.3 Å². The summed E-state index contributed by atoms with van der Waals surface area (Å²) in [7, 11) is 1.50. The van der Waals surface area contributed by atoms with Crippen LogP contribution in [0.15, 0.2) is 15.7 Å². The molecule has 20 heavy (non-hydrogen) atoms. The van der Waals surface area contributed by atoms with Gasteiger partial charge in [0.1, 0.15) is 4.21 Å². The fourth-order valence-electron chi connectivity index (χ4n) is 2.71. The van der Waals surface area contributed by atoms with E-state index in [1.807, 2.05) is 0 Å². The molecule has 0 bridgehead atoms. The lowest BCUT2D eigenvalue weighted by Gasteiger charge is -2.27. The van der Waals surface area contributed by atoms with Crippen LogP contribution < -0.4 is 5.32 Å². The monoisotopic (exact) mass is 335 g/mol. The SMILES string of the molecule is CCC1(CNC(=O)c2csc(S(=O)(=O)Cl)c2)CCCC1. The first kappa shape index (κ1) is 15.8. The van der Waals surface area contributed by atoms with Gasteiger partial charge in [-0.1, -0.05) is 19.8 Å². The van der Waals surface area contributed by atoms with Crippen LogP contribution in [0.1, 0.15) is 49.4 Å². The maximum atomic E-state index is 12.1. The molecule has 0 spiro atoms. The summed E-state index contributed by atoms with van der Waals surface area (Å²) >= 11 is 0.967. The van der Waals surface area contributed by atoms with Gasteiger partial charge in [0, 0.05) is 22.6 Å². The predicted molar refractivity (Wildman–Crippen MR) is 80.9 cm³/mol. The smallest absolute Gasteiger partial charge is 0.270 e. The molecule has 1 saturated carbocycles. The first-order valence-corrected chi connectivity index (χ1v) is 9.87. The van der Waals surface area contributed by atoms with E-state index in [4.69, 9.17) is 10.7 Å². The van der Waals surface area contributed by atoms with Crippen molar-refractivity contribution in [1.82, 2.24) is 5.32 Å². The Bertz CT molecular complexity index is 589. The fourth-order valence-corrected chi connectivity index (χ4v) is 4.66. The molecular formula is C13H18ClNO3S2. The second kappa shape index (κ2) is 6.03. The molecule has 1 fully saturated rings. The van der Waals surface area contributed by atoms with E-state index in [2.05, 4.69) is 12.2 Å². The van der Waals surface area contributed by atoms with Gasteiger partial charge in [-0.3, -0.25) is 4.79 Å². The Morgan fingerprint density at radius 2 is 2.10 bits per heavy atom. The topological polar surface area (TPSA) is 63.2 Å². The van der Waals surface area contributed by atoms with E-state index in [9.17, 15) is 13.2 Å². The van der Waals surface area contributed by atoms with Gasteiger partial charge < -0.3 is 5.32 Å². The third-order valence-corrected chi connectivity index (χ3v) is 7.16. The van der Waals surface area contributed by atoms with Crippen LogP contribution in [0.25, 0.3) is 0 Å². The molecule has 1 heterocycles. The molecule has 0 aliphatic heterocycles. The first-order chi connectivity index (χ1) is 9.36. The maximum Gasteiger partial charge on any atom is 0.270 e. The van der Waals surface area contributed by atoms with Gasteiger partial charge in [-0.25, -0.2) is 8.42 Å². The molecule has 4 nitrogen and oxygen atoms in total. The molecule has 1 aromatic heterocycles. The highest BCUT2D eigenvalue weighted by atomic mass is 35.7. The normalized spacial score (nSPS) is 18.1. The Labute approximate surface area is 127 Å². The minimum absolute atomic E-state index is 0.00962. The van der Waals surface area contributed by atoms with E-state index in [-0.39, 0.29) is 15.5 Å².